The molecule has 0 bridgehead atoms. The van der Waals surface area contributed by atoms with Crippen molar-refractivity contribution in [3.63, 3.8) is 0 Å². The van der Waals surface area contributed by atoms with Crippen LogP contribution in [0.2, 0.25) is 0 Å². The van der Waals surface area contributed by atoms with Crippen LogP contribution in [-0.4, -0.2) is 39.7 Å². The molecule has 1 aromatic heterocycles. The second kappa shape index (κ2) is 7.18. The smallest absolute Gasteiger partial charge is 0.342 e. The van der Waals surface area contributed by atoms with Crippen molar-refractivity contribution in [1.82, 2.24) is 14.7 Å². The van der Waals surface area contributed by atoms with Crippen LogP contribution in [0.3, 0.4) is 0 Å². The minimum absolute atomic E-state index is 0.0456. The minimum Gasteiger partial charge on any atom is -0.462 e. The van der Waals surface area contributed by atoms with E-state index in [0.29, 0.717) is 13.1 Å². The number of aromatic nitrogens is 2. The number of nitriles is 1. The zero-order valence-corrected chi connectivity index (χ0v) is 13.9. The standard InChI is InChI=1S/C18H18N4O3/c1-2-25-18(24)15-10-20-22(16(15)9-19)12-17(23)21-8-7-13-5-3-4-6-14(13)11-21/h3-6,10H,2,7-8,11-12H2,1H3. The van der Waals surface area contributed by atoms with Crippen LogP contribution < -0.4 is 0 Å². The Balaban J connectivity index is 1.74. The van der Waals surface area contributed by atoms with E-state index in [1.54, 1.807) is 11.8 Å². The third kappa shape index (κ3) is 3.38. The highest BCUT2D eigenvalue weighted by atomic mass is 16.5. The second-order valence-electron chi connectivity index (χ2n) is 5.73. The number of hydrogen-bond donors (Lipinski definition) is 0. The molecule has 0 spiro atoms. The lowest BCUT2D eigenvalue weighted by molar-refractivity contribution is -0.133. The number of hydrogen-bond acceptors (Lipinski definition) is 5. The van der Waals surface area contributed by atoms with Crippen molar-refractivity contribution in [3.8, 4) is 6.07 Å². The number of carbonyl (C=O) groups excluding carboxylic acids is 2. The molecule has 0 fully saturated rings. The van der Waals surface area contributed by atoms with Gasteiger partial charge in [-0.3, -0.25) is 4.79 Å². The number of benzene rings is 1. The molecule has 0 N–H and O–H groups in total. The van der Waals surface area contributed by atoms with Gasteiger partial charge in [-0.05, 0) is 24.5 Å². The molecule has 1 amide bonds. The highest BCUT2D eigenvalue weighted by Gasteiger charge is 2.24. The number of nitrogens with zero attached hydrogens (tertiary/aromatic N) is 4. The van der Waals surface area contributed by atoms with Crippen LogP contribution in [-0.2, 0) is 29.0 Å². The molecular formula is C18H18N4O3. The zero-order valence-electron chi connectivity index (χ0n) is 13.9. The van der Waals surface area contributed by atoms with E-state index >= 15 is 0 Å². The van der Waals surface area contributed by atoms with E-state index < -0.39 is 5.97 Å². The Morgan fingerprint density at radius 2 is 2.08 bits per heavy atom. The number of esters is 1. The molecule has 1 aliphatic heterocycles. The summed E-state index contributed by atoms with van der Waals surface area (Å²) in [4.78, 5) is 26.2. The molecule has 2 aromatic rings. The summed E-state index contributed by atoms with van der Waals surface area (Å²) >= 11 is 0. The summed E-state index contributed by atoms with van der Waals surface area (Å²) in [6, 6.07) is 9.98. The first-order chi connectivity index (χ1) is 12.1. The fraction of sp³-hybridized carbons (Fsp3) is 0.333. The van der Waals surface area contributed by atoms with E-state index in [1.165, 1.54) is 16.4 Å². The van der Waals surface area contributed by atoms with Crippen molar-refractivity contribution in [1.29, 1.82) is 5.26 Å². The van der Waals surface area contributed by atoms with Gasteiger partial charge in [0.25, 0.3) is 0 Å². The maximum atomic E-state index is 12.6. The Labute approximate surface area is 145 Å². The van der Waals surface area contributed by atoms with E-state index in [2.05, 4.69) is 11.2 Å². The average Bonchev–Trinajstić information content (AvgIpc) is 3.04. The third-order valence-electron chi connectivity index (χ3n) is 4.21. The summed E-state index contributed by atoms with van der Waals surface area (Å²) in [5, 5.41) is 13.3. The number of carbonyl (C=O) groups is 2. The summed E-state index contributed by atoms with van der Waals surface area (Å²) in [7, 11) is 0. The molecule has 0 aliphatic carbocycles. The van der Waals surface area contributed by atoms with Gasteiger partial charge in [0.2, 0.25) is 5.91 Å². The first kappa shape index (κ1) is 16.7. The summed E-state index contributed by atoms with van der Waals surface area (Å²) in [5.41, 5.74) is 2.52. The molecule has 128 valence electrons. The van der Waals surface area contributed by atoms with Crippen molar-refractivity contribution in [2.45, 2.75) is 26.4 Å². The SMILES string of the molecule is CCOC(=O)c1cnn(CC(=O)N2CCc3ccccc3C2)c1C#N. The molecule has 0 unspecified atom stereocenters. The third-order valence-corrected chi connectivity index (χ3v) is 4.21. The first-order valence-corrected chi connectivity index (χ1v) is 8.11. The van der Waals surface area contributed by atoms with Crippen LogP contribution in [0.25, 0.3) is 0 Å². The Bertz CT molecular complexity index is 850. The van der Waals surface area contributed by atoms with E-state index in [4.69, 9.17) is 4.74 Å². The number of amides is 1. The van der Waals surface area contributed by atoms with Gasteiger partial charge in [-0.25, -0.2) is 9.48 Å². The van der Waals surface area contributed by atoms with Gasteiger partial charge in [0.15, 0.2) is 5.69 Å². The Morgan fingerprint density at radius 3 is 2.80 bits per heavy atom. The normalized spacial score (nSPS) is 13.0. The van der Waals surface area contributed by atoms with Gasteiger partial charge >= 0.3 is 5.97 Å². The first-order valence-electron chi connectivity index (χ1n) is 8.11. The summed E-state index contributed by atoms with van der Waals surface area (Å²) < 4.78 is 6.16. The molecule has 25 heavy (non-hydrogen) atoms. The van der Waals surface area contributed by atoms with Gasteiger partial charge in [0, 0.05) is 13.1 Å². The lowest BCUT2D eigenvalue weighted by atomic mass is 10.00. The summed E-state index contributed by atoms with van der Waals surface area (Å²) in [6.45, 7) is 2.99. The van der Waals surface area contributed by atoms with Gasteiger partial charge < -0.3 is 9.64 Å². The van der Waals surface area contributed by atoms with Crippen molar-refractivity contribution >= 4 is 11.9 Å². The molecule has 0 saturated heterocycles. The van der Waals surface area contributed by atoms with E-state index in [-0.39, 0.29) is 30.3 Å². The zero-order chi connectivity index (χ0) is 17.8. The average molecular weight is 338 g/mol. The number of ether oxygens (including phenoxy) is 1. The van der Waals surface area contributed by atoms with Crippen LogP contribution in [0.5, 0.6) is 0 Å². The van der Waals surface area contributed by atoms with E-state index in [1.807, 2.05) is 24.3 Å². The van der Waals surface area contributed by atoms with Crippen molar-refractivity contribution in [3.05, 3.63) is 52.8 Å². The van der Waals surface area contributed by atoms with Crippen LogP contribution >= 0.6 is 0 Å². The molecule has 0 radical (unpaired) electrons. The second-order valence-corrected chi connectivity index (χ2v) is 5.73. The Morgan fingerprint density at radius 1 is 1.32 bits per heavy atom. The number of rotatable bonds is 4. The fourth-order valence-corrected chi connectivity index (χ4v) is 2.92. The highest BCUT2D eigenvalue weighted by Crippen LogP contribution is 2.19. The minimum atomic E-state index is -0.607. The van der Waals surface area contributed by atoms with Crippen LogP contribution in [0.15, 0.2) is 30.5 Å². The van der Waals surface area contributed by atoms with Crippen LogP contribution in [0.1, 0.15) is 34.1 Å². The predicted octanol–water partition coefficient (Wildman–Crippen LogP) is 1.52. The maximum Gasteiger partial charge on any atom is 0.342 e. The van der Waals surface area contributed by atoms with E-state index in [0.717, 1.165) is 12.0 Å². The van der Waals surface area contributed by atoms with Gasteiger partial charge in [-0.1, -0.05) is 24.3 Å². The lowest BCUT2D eigenvalue weighted by Gasteiger charge is -2.28. The predicted molar refractivity (Wildman–Crippen MR) is 88.5 cm³/mol. The molecule has 7 nitrogen and oxygen atoms in total. The van der Waals surface area contributed by atoms with E-state index in [9.17, 15) is 14.9 Å². The van der Waals surface area contributed by atoms with Crippen LogP contribution in [0.4, 0.5) is 0 Å². The molecule has 0 saturated carbocycles. The fourth-order valence-electron chi connectivity index (χ4n) is 2.92. The summed E-state index contributed by atoms with van der Waals surface area (Å²) in [6.07, 6.45) is 2.08. The quantitative estimate of drug-likeness (QED) is 0.789. The summed E-state index contributed by atoms with van der Waals surface area (Å²) in [5.74, 6) is -0.742. The van der Waals surface area contributed by atoms with Crippen molar-refractivity contribution in [2.75, 3.05) is 13.2 Å². The Hall–Kier alpha value is -3.14. The molecule has 1 aromatic carbocycles. The van der Waals surface area contributed by atoms with Crippen LogP contribution in [0, 0.1) is 11.3 Å². The van der Waals surface area contributed by atoms with Gasteiger partial charge in [0.1, 0.15) is 18.2 Å². The van der Waals surface area contributed by atoms with Gasteiger partial charge in [-0.2, -0.15) is 10.4 Å². The number of fused-ring (bicyclic) bond motifs is 1. The molecule has 7 heteroatoms. The largest absolute Gasteiger partial charge is 0.462 e. The van der Waals surface area contributed by atoms with Gasteiger partial charge in [-0.15, -0.1) is 0 Å². The highest BCUT2D eigenvalue weighted by molar-refractivity contribution is 5.91. The molecule has 3 rings (SSSR count). The topological polar surface area (TPSA) is 88.2 Å². The van der Waals surface area contributed by atoms with Crippen molar-refractivity contribution in [2.24, 2.45) is 0 Å². The molecular weight excluding hydrogens is 320 g/mol. The molecule has 0 atom stereocenters. The monoisotopic (exact) mass is 338 g/mol. The van der Waals surface area contributed by atoms with Crippen molar-refractivity contribution < 1.29 is 14.3 Å². The Kier molecular flexibility index (Phi) is 4.80. The maximum absolute atomic E-state index is 12.6. The lowest BCUT2D eigenvalue weighted by Crippen LogP contribution is -2.38. The molecule has 2 heterocycles. The van der Waals surface area contributed by atoms with Gasteiger partial charge in [0.05, 0.1) is 12.8 Å². The molecule has 1 aliphatic rings.